The molecule has 0 saturated heterocycles. The van der Waals surface area contributed by atoms with Crippen molar-refractivity contribution in [2.45, 2.75) is 5.51 Å². The highest BCUT2D eigenvalue weighted by molar-refractivity contribution is 9.10. The fourth-order valence-electron chi connectivity index (χ4n) is 1.69. The molecule has 0 aliphatic heterocycles. The van der Waals surface area contributed by atoms with Crippen molar-refractivity contribution in [3.63, 3.8) is 0 Å². The minimum atomic E-state index is -5.99. The molecule has 0 atom stereocenters. The summed E-state index contributed by atoms with van der Waals surface area (Å²) in [6, 6.07) is 4.79. The normalized spacial score (nSPS) is 12.5. The van der Waals surface area contributed by atoms with Crippen LogP contribution in [-0.4, -0.2) is 21.0 Å². The summed E-state index contributed by atoms with van der Waals surface area (Å²) in [5.41, 5.74) is -5.67. The fraction of sp³-hybridized carbons (Fsp3) is 0.167. The number of alkyl halides is 3. The van der Waals surface area contributed by atoms with Gasteiger partial charge in [-0.1, -0.05) is 6.07 Å². The Morgan fingerprint density at radius 2 is 1.82 bits per heavy atom. The van der Waals surface area contributed by atoms with Crippen LogP contribution >= 0.6 is 15.9 Å². The van der Waals surface area contributed by atoms with Gasteiger partial charge in [0.2, 0.25) is 0 Å². The molecule has 0 saturated carbocycles. The first-order valence-electron chi connectivity index (χ1n) is 5.53. The Morgan fingerprint density at radius 1 is 1.18 bits per heavy atom. The topological polar surface area (TPSA) is 52.6 Å². The van der Waals surface area contributed by atoms with Crippen molar-refractivity contribution in [1.82, 2.24) is 0 Å². The largest absolute Gasteiger partial charge is 0.534 e. The molecule has 2 aromatic carbocycles. The zero-order valence-corrected chi connectivity index (χ0v) is 13.1. The van der Waals surface area contributed by atoms with E-state index in [1.807, 2.05) is 0 Å². The first-order valence-corrected chi connectivity index (χ1v) is 7.73. The van der Waals surface area contributed by atoms with Crippen molar-refractivity contribution in [1.29, 1.82) is 0 Å². The summed E-state index contributed by atoms with van der Waals surface area (Å²) >= 11 is 3.03. The maximum Gasteiger partial charge on any atom is 0.534 e. The van der Waals surface area contributed by atoms with E-state index in [4.69, 9.17) is 4.74 Å². The summed E-state index contributed by atoms with van der Waals surface area (Å²) in [4.78, 5) is 0. The molecule has 0 radical (unpaired) electrons. The molecule has 0 aromatic heterocycles. The van der Waals surface area contributed by atoms with E-state index < -0.39 is 27.2 Å². The van der Waals surface area contributed by atoms with Crippen LogP contribution in [0.5, 0.6) is 11.5 Å². The van der Waals surface area contributed by atoms with Crippen LogP contribution in [0.4, 0.5) is 17.6 Å². The molecular formula is C12H7BrF4O4S. The van der Waals surface area contributed by atoms with Crippen LogP contribution in [0.1, 0.15) is 0 Å². The maximum atomic E-state index is 13.8. The van der Waals surface area contributed by atoms with E-state index in [0.29, 0.717) is 5.75 Å². The molecular weight excluding hydrogens is 396 g/mol. The quantitative estimate of drug-likeness (QED) is 0.442. The van der Waals surface area contributed by atoms with E-state index in [1.54, 1.807) is 0 Å². The average molecular weight is 403 g/mol. The monoisotopic (exact) mass is 402 g/mol. The third kappa shape index (κ3) is 2.98. The van der Waals surface area contributed by atoms with Crippen molar-refractivity contribution >= 4 is 36.8 Å². The van der Waals surface area contributed by atoms with Crippen molar-refractivity contribution in [3.8, 4) is 11.5 Å². The minimum absolute atomic E-state index is 0.119. The summed E-state index contributed by atoms with van der Waals surface area (Å²) in [7, 11) is -4.63. The molecule has 0 aliphatic rings. The Kier molecular flexibility index (Phi) is 4.26. The number of benzene rings is 2. The SMILES string of the molecule is COc1cc(Br)c2c(OS(=O)(=O)C(F)(F)F)c(F)ccc2c1. The van der Waals surface area contributed by atoms with Gasteiger partial charge in [0.05, 0.1) is 7.11 Å². The number of methoxy groups -OCH3 is 1. The van der Waals surface area contributed by atoms with Gasteiger partial charge in [-0.3, -0.25) is 0 Å². The third-order valence-electron chi connectivity index (χ3n) is 2.66. The second-order valence-corrected chi connectivity index (χ2v) is 6.46. The molecule has 0 aliphatic carbocycles. The number of ether oxygens (including phenoxy) is 1. The van der Waals surface area contributed by atoms with Crippen molar-refractivity contribution < 1.29 is 34.9 Å². The number of rotatable bonds is 3. The van der Waals surface area contributed by atoms with Gasteiger partial charge in [-0.2, -0.15) is 21.6 Å². The summed E-state index contributed by atoms with van der Waals surface area (Å²) in [6.45, 7) is 0. The predicted molar refractivity (Wildman–Crippen MR) is 73.8 cm³/mol. The molecule has 2 rings (SSSR count). The Labute approximate surface area is 130 Å². The Balaban J connectivity index is 2.71. The van der Waals surface area contributed by atoms with Gasteiger partial charge in [0, 0.05) is 9.86 Å². The lowest BCUT2D eigenvalue weighted by Gasteiger charge is -2.14. The van der Waals surface area contributed by atoms with Crippen molar-refractivity contribution in [2.75, 3.05) is 7.11 Å². The number of hydrogen-bond donors (Lipinski definition) is 0. The minimum Gasteiger partial charge on any atom is -0.497 e. The van der Waals surface area contributed by atoms with E-state index in [2.05, 4.69) is 20.1 Å². The summed E-state index contributed by atoms with van der Waals surface area (Å²) in [5.74, 6) is -1.94. The standard InChI is InChI=1S/C12H7BrF4O4S/c1-20-7-4-6-2-3-9(14)11(10(6)8(13)5-7)21-22(18,19)12(15,16)17/h2-5H,1H3. The lowest BCUT2D eigenvalue weighted by molar-refractivity contribution is -0.0500. The lowest BCUT2D eigenvalue weighted by atomic mass is 10.1. The Bertz CT molecular complexity index is 833. The van der Waals surface area contributed by atoms with Crippen LogP contribution in [0.2, 0.25) is 0 Å². The molecule has 0 bridgehead atoms. The molecule has 0 unspecified atom stereocenters. The molecule has 4 nitrogen and oxygen atoms in total. The smallest absolute Gasteiger partial charge is 0.497 e. The second kappa shape index (κ2) is 5.58. The molecule has 0 amide bonds. The highest BCUT2D eigenvalue weighted by Gasteiger charge is 2.49. The van der Waals surface area contributed by atoms with Gasteiger partial charge in [0.1, 0.15) is 5.75 Å². The van der Waals surface area contributed by atoms with Crippen LogP contribution in [0.3, 0.4) is 0 Å². The number of halogens is 5. The van der Waals surface area contributed by atoms with E-state index in [-0.39, 0.29) is 15.2 Å². The molecule has 22 heavy (non-hydrogen) atoms. The zero-order valence-electron chi connectivity index (χ0n) is 10.7. The number of fused-ring (bicyclic) bond motifs is 1. The van der Waals surface area contributed by atoms with Crippen LogP contribution < -0.4 is 8.92 Å². The van der Waals surface area contributed by atoms with E-state index in [1.165, 1.54) is 25.3 Å². The molecule has 0 N–H and O–H groups in total. The molecule has 0 fully saturated rings. The third-order valence-corrected chi connectivity index (χ3v) is 4.24. The van der Waals surface area contributed by atoms with Gasteiger partial charge in [0.15, 0.2) is 11.6 Å². The van der Waals surface area contributed by atoms with Crippen LogP contribution in [0.15, 0.2) is 28.7 Å². The van der Waals surface area contributed by atoms with Gasteiger partial charge in [-0.15, -0.1) is 0 Å². The van der Waals surface area contributed by atoms with Gasteiger partial charge >= 0.3 is 15.6 Å². The molecule has 120 valence electrons. The molecule has 0 spiro atoms. The molecule has 2 aromatic rings. The zero-order chi connectivity index (χ0) is 16.7. The average Bonchev–Trinajstić information content (AvgIpc) is 2.40. The first-order chi connectivity index (χ1) is 10.1. The second-order valence-electron chi connectivity index (χ2n) is 4.07. The van der Waals surface area contributed by atoms with Crippen LogP contribution in [0, 0.1) is 5.82 Å². The highest BCUT2D eigenvalue weighted by Crippen LogP contribution is 2.39. The van der Waals surface area contributed by atoms with Crippen LogP contribution in [-0.2, 0) is 10.1 Å². The molecule has 10 heteroatoms. The van der Waals surface area contributed by atoms with Gasteiger partial charge in [-0.25, -0.2) is 4.39 Å². The Morgan fingerprint density at radius 3 is 2.36 bits per heavy atom. The number of hydrogen-bond acceptors (Lipinski definition) is 4. The van der Waals surface area contributed by atoms with Gasteiger partial charge < -0.3 is 8.92 Å². The summed E-state index contributed by atoms with van der Waals surface area (Å²) in [6.07, 6.45) is 0. The fourth-order valence-corrected chi connectivity index (χ4v) is 2.80. The lowest BCUT2D eigenvalue weighted by Crippen LogP contribution is -2.28. The van der Waals surface area contributed by atoms with E-state index in [9.17, 15) is 26.0 Å². The van der Waals surface area contributed by atoms with E-state index in [0.717, 1.165) is 6.07 Å². The van der Waals surface area contributed by atoms with Gasteiger partial charge in [-0.05, 0) is 39.5 Å². The molecule has 0 heterocycles. The van der Waals surface area contributed by atoms with Crippen molar-refractivity contribution in [3.05, 3.63) is 34.6 Å². The Hall–Kier alpha value is -1.55. The summed E-state index contributed by atoms with van der Waals surface area (Å²) < 4.78 is 82.2. The first kappa shape index (κ1) is 16.8. The maximum absolute atomic E-state index is 13.8. The van der Waals surface area contributed by atoms with E-state index >= 15 is 0 Å². The summed E-state index contributed by atoms with van der Waals surface area (Å²) in [5, 5.41) is 0.0774. The van der Waals surface area contributed by atoms with Gasteiger partial charge in [0.25, 0.3) is 0 Å². The predicted octanol–water partition coefficient (Wildman–Crippen LogP) is 3.98. The highest BCUT2D eigenvalue weighted by atomic mass is 79.9. The van der Waals surface area contributed by atoms with Crippen LogP contribution in [0.25, 0.3) is 10.8 Å². The van der Waals surface area contributed by atoms with Crippen molar-refractivity contribution in [2.24, 2.45) is 0 Å².